The Morgan fingerprint density at radius 3 is 2.41 bits per heavy atom. The number of nitrogens with one attached hydrogen (secondary N) is 3. The van der Waals surface area contributed by atoms with Crippen LogP contribution in [0.15, 0.2) is 83.6 Å². The van der Waals surface area contributed by atoms with E-state index in [1.54, 1.807) is 24.4 Å². The average molecular weight is 571 g/mol. The van der Waals surface area contributed by atoms with Crippen molar-refractivity contribution in [3.63, 3.8) is 0 Å². The Kier molecular flexibility index (Phi) is 8.34. The summed E-state index contributed by atoms with van der Waals surface area (Å²) in [6.07, 6.45) is -2.00. The molecule has 0 unspecified atom stereocenters. The number of pyridine rings is 1. The number of amides is 1. The van der Waals surface area contributed by atoms with Gasteiger partial charge in [0, 0.05) is 47.6 Å². The smallest absolute Gasteiger partial charge is 0.368 e. The van der Waals surface area contributed by atoms with Gasteiger partial charge in [0.2, 0.25) is 5.95 Å². The number of alkyl halides is 3. The maximum atomic E-state index is 12.6. The Morgan fingerprint density at radius 1 is 0.919 bits per heavy atom. The van der Waals surface area contributed by atoms with Crippen LogP contribution in [0.5, 0.6) is 0 Å². The number of benzene rings is 2. The van der Waals surface area contributed by atoms with Crippen LogP contribution in [0.3, 0.4) is 0 Å². The number of hydrogen-bond acceptors (Lipinski definition) is 6. The second-order valence-corrected chi connectivity index (χ2v) is 8.85. The molecule has 0 saturated heterocycles. The molecule has 2 heterocycles. The van der Waals surface area contributed by atoms with E-state index in [9.17, 15) is 18.0 Å². The van der Waals surface area contributed by atoms with Crippen molar-refractivity contribution in [3.05, 3.63) is 100 Å². The fraction of sp³-hybridized carbons (Fsp3) is 0.154. The number of rotatable bonds is 9. The van der Waals surface area contributed by atoms with Gasteiger partial charge < -0.3 is 16.0 Å². The number of nitrogens with zero attached hydrogens (tertiary/aromatic N) is 3. The van der Waals surface area contributed by atoms with Crippen LogP contribution in [-0.2, 0) is 12.7 Å². The van der Waals surface area contributed by atoms with Crippen LogP contribution in [-0.4, -0.2) is 33.9 Å². The SMILES string of the molecule is O=C(NCc1cccc(Br)c1)c1ccc(-c2ccnc(NCCNc3ccc(C(F)(F)F)cn3)n2)cc1. The molecule has 0 aliphatic rings. The molecule has 0 aliphatic carbocycles. The highest BCUT2D eigenvalue weighted by molar-refractivity contribution is 9.10. The van der Waals surface area contributed by atoms with E-state index in [1.165, 1.54) is 6.07 Å². The van der Waals surface area contributed by atoms with E-state index in [4.69, 9.17) is 0 Å². The van der Waals surface area contributed by atoms with E-state index in [2.05, 4.69) is 46.8 Å². The van der Waals surface area contributed by atoms with Gasteiger partial charge in [-0.05, 0) is 48.0 Å². The van der Waals surface area contributed by atoms with Crippen molar-refractivity contribution in [1.82, 2.24) is 20.3 Å². The van der Waals surface area contributed by atoms with Crippen molar-refractivity contribution in [2.24, 2.45) is 0 Å². The first kappa shape index (κ1) is 26.1. The van der Waals surface area contributed by atoms with Gasteiger partial charge in [-0.3, -0.25) is 4.79 Å². The molecule has 0 atom stereocenters. The number of anilines is 2. The molecule has 0 radical (unpaired) electrons. The largest absolute Gasteiger partial charge is 0.417 e. The first-order valence-corrected chi connectivity index (χ1v) is 12.0. The summed E-state index contributed by atoms with van der Waals surface area (Å²) in [5.74, 6) is 0.562. The minimum Gasteiger partial charge on any atom is -0.368 e. The minimum atomic E-state index is -4.41. The van der Waals surface area contributed by atoms with E-state index >= 15 is 0 Å². The predicted molar refractivity (Wildman–Crippen MR) is 139 cm³/mol. The standard InChI is InChI=1S/C26H22BrF3N6O/c27-21-3-1-2-17(14-21)15-35-24(37)19-6-4-18(5-7-19)22-10-11-32-25(36-22)33-13-12-31-23-9-8-20(16-34-23)26(28,29)30/h1-11,14,16H,12-13,15H2,(H,31,34)(H,35,37)(H,32,33,36). The molecule has 190 valence electrons. The Bertz CT molecular complexity index is 1350. The Hall–Kier alpha value is -3.99. The summed E-state index contributed by atoms with van der Waals surface area (Å²) in [4.78, 5) is 25.0. The molecule has 0 bridgehead atoms. The van der Waals surface area contributed by atoms with Crippen molar-refractivity contribution < 1.29 is 18.0 Å². The number of carbonyl (C=O) groups is 1. The van der Waals surface area contributed by atoms with Gasteiger partial charge in [0.1, 0.15) is 5.82 Å². The third-order valence-electron chi connectivity index (χ3n) is 5.25. The lowest BCUT2D eigenvalue weighted by Crippen LogP contribution is -2.22. The van der Waals surface area contributed by atoms with Gasteiger partial charge in [0.25, 0.3) is 5.91 Å². The van der Waals surface area contributed by atoms with Gasteiger partial charge in [0.05, 0.1) is 11.3 Å². The van der Waals surface area contributed by atoms with E-state index in [0.29, 0.717) is 42.7 Å². The summed E-state index contributed by atoms with van der Waals surface area (Å²) in [5, 5.41) is 8.91. The molecule has 2 aromatic carbocycles. The maximum Gasteiger partial charge on any atom is 0.417 e. The predicted octanol–water partition coefficient (Wildman–Crippen LogP) is 5.77. The van der Waals surface area contributed by atoms with Crippen LogP contribution in [0.1, 0.15) is 21.5 Å². The van der Waals surface area contributed by atoms with Crippen molar-refractivity contribution >= 4 is 33.6 Å². The first-order valence-electron chi connectivity index (χ1n) is 11.2. The molecule has 0 aliphatic heterocycles. The van der Waals surface area contributed by atoms with Gasteiger partial charge >= 0.3 is 6.18 Å². The molecule has 0 saturated carbocycles. The van der Waals surface area contributed by atoms with E-state index in [1.807, 2.05) is 36.4 Å². The topological polar surface area (TPSA) is 91.8 Å². The second kappa shape index (κ2) is 11.8. The Balaban J connectivity index is 1.28. The van der Waals surface area contributed by atoms with Crippen molar-refractivity contribution in [2.45, 2.75) is 12.7 Å². The first-order chi connectivity index (χ1) is 17.8. The van der Waals surface area contributed by atoms with Crippen LogP contribution < -0.4 is 16.0 Å². The molecular weight excluding hydrogens is 549 g/mol. The van der Waals surface area contributed by atoms with E-state index in [0.717, 1.165) is 27.9 Å². The van der Waals surface area contributed by atoms with Crippen LogP contribution in [0.25, 0.3) is 11.3 Å². The molecule has 7 nitrogen and oxygen atoms in total. The van der Waals surface area contributed by atoms with Gasteiger partial charge in [-0.25, -0.2) is 15.0 Å². The molecular formula is C26H22BrF3N6O. The maximum absolute atomic E-state index is 12.6. The lowest BCUT2D eigenvalue weighted by atomic mass is 10.1. The molecule has 4 aromatic rings. The second-order valence-electron chi connectivity index (χ2n) is 7.94. The number of aromatic nitrogens is 3. The average Bonchev–Trinajstić information content (AvgIpc) is 2.90. The molecule has 11 heteroatoms. The molecule has 2 aromatic heterocycles. The molecule has 0 spiro atoms. The van der Waals surface area contributed by atoms with Crippen LogP contribution in [0.2, 0.25) is 0 Å². The quantitative estimate of drug-likeness (QED) is 0.221. The third-order valence-corrected chi connectivity index (χ3v) is 5.74. The lowest BCUT2D eigenvalue weighted by Gasteiger charge is -2.10. The summed E-state index contributed by atoms with van der Waals surface area (Å²) in [5.41, 5.74) is 2.23. The summed E-state index contributed by atoms with van der Waals surface area (Å²) in [7, 11) is 0. The monoisotopic (exact) mass is 570 g/mol. The fourth-order valence-corrected chi connectivity index (χ4v) is 3.81. The van der Waals surface area contributed by atoms with Crippen LogP contribution >= 0.6 is 15.9 Å². The van der Waals surface area contributed by atoms with Gasteiger partial charge in [-0.1, -0.05) is 40.2 Å². The minimum absolute atomic E-state index is 0.174. The summed E-state index contributed by atoms with van der Waals surface area (Å²) in [6, 6.07) is 18.9. The van der Waals surface area contributed by atoms with Crippen LogP contribution in [0, 0.1) is 0 Å². The number of hydrogen-bond donors (Lipinski definition) is 3. The lowest BCUT2D eigenvalue weighted by molar-refractivity contribution is -0.137. The molecule has 0 fully saturated rings. The zero-order chi connectivity index (χ0) is 26.3. The summed E-state index contributed by atoms with van der Waals surface area (Å²) < 4.78 is 38.8. The molecule has 37 heavy (non-hydrogen) atoms. The zero-order valence-electron chi connectivity index (χ0n) is 19.4. The third kappa shape index (κ3) is 7.50. The molecule has 4 rings (SSSR count). The number of carbonyl (C=O) groups excluding carboxylic acids is 1. The van der Waals surface area contributed by atoms with Crippen molar-refractivity contribution in [1.29, 1.82) is 0 Å². The van der Waals surface area contributed by atoms with Gasteiger partial charge in [0.15, 0.2) is 0 Å². The van der Waals surface area contributed by atoms with Gasteiger partial charge in [-0.2, -0.15) is 13.2 Å². The fourth-order valence-electron chi connectivity index (χ4n) is 3.36. The highest BCUT2D eigenvalue weighted by atomic mass is 79.9. The highest BCUT2D eigenvalue weighted by Gasteiger charge is 2.30. The normalized spacial score (nSPS) is 11.1. The molecule has 3 N–H and O–H groups in total. The Morgan fingerprint density at radius 2 is 1.70 bits per heavy atom. The van der Waals surface area contributed by atoms with Crippen LogP contribution in [0.4, 0.5) is 24.9 Å². The van der Waals surface area contributed by atoms with Crippen molar-refractivity contribution in [3.8, 4) is 11.3 Å². The summed E-state index contributed by atoms with van der Waals surface area (Å²) >= 11 is 3.42. The molecule has 1 amide bonds. The van der Waals surface area contributed by atoms with Gasteiger partial charge in [-0.15, -0.1) is 0 Å². The summed E-state index contributed by atoms with van der Waals surface area (Å²) in [6.45, 7) is 1.24. The van der Waals surface area contributed by atoms with Crippen molar-refractivity contribution in [2.75, 3.05) is 23.7 Å². The van der Waals surface area contributed by atoms with E-state index < -0.39 is 11.7 Å². The zero-order valence-corrected chi connectivity index (χ0v) is 21.0. The Labute approximate surface area is 219 Å². The van der Waals surface area contributed by atoms with E-state index in [-0.39, 0.29) is 5.91 Å². The highest BCUT2D eigenvalue weighted by Crippen LogP contribution is 2.28. The number of halogens is 4.